The first-order valence-corrected chi connectivity index (χ1v) is 7.80. The molecular formula is C14H18FN3OS. The third-order valence-electron chi connectivity index (χ3n) is 3.19. The largest absolute Gasteiger partial charge is 0.399 e. The molecule has 0 saturated heterocycles. The van der Waals surface area contributed by atoms with E-state index in [1.165, 1.54) is 12.1 Å². The maximum absolute atomic E-state index is 13.7. The van der Waals surface area contributed by atoms with E-state index in [0.29, 0.717) is 17.4 Å². The Morgan fingerprint density at radius 3 is 2.85 bits per heavy atom. The van der Waals surface area contributed by atoms with Gasteiger partial charge in [0.2, 0.25) is 0 Å². The Bertz CT molecular complexity index is 627. The zero-order chi connectivity index (χ0) is 14.7. The molecule has 0 amide bonds. The highest BCUT2D eigenvalue weighted by molar-refractivity contribution is 7.84. The number of benzene rings is 1. The summed E-state index contributed by atoms with van der Waals surface area (Å²) in [7, 11) is -1.46. The first kappa shape index (κ1) is 14.7. The molecule has 4 nitrogen and oxygen atoms in total. The van der Waals surface area contributed by atoms with Gasteiger partial charge in [0.05, 0.1) is 27.1 Å². The van der Waals surface area contributed by atoms with Crippen molar-refractivity contribution in [2.24, 2.45) is 0 Å². The maximum atomic E-state index is 13.7. The van der Waals surface area contributed by atoms with Crippen molar-refractivity contribution in [3.63, 3.8) is 0 Å². The van der Waals surface area contributed by atoms with Gasteiger partial charge in [0.1, 0.15) is 5.82 Å². The molecule has 6 heteroatoms. The summed E-state index contributed by atoms with van der Waals surface area (Å²) in [5, 5.41) is 4.37. The van der Waals surface area contributed by atoms with E-state index >= 15 is 0 Å². The summed E-state index contributed by atoms with van der Waals surface area (Å²) < 4.78 is 27.7. The van der Waals surface area contributed by atoms with Gasteiger partial charge in [-0.25, -0.2) is 4.39 Å². The quantitative estimate of drug-likeness (QED) is 0.863. The molecule has 2 aromatic rings. The van der Waals surface area contributed by atoms with E-state index in [0.717, 1.165) is 6.42 Å². The molecule has 0 spiro atoms. The van der Waals surface area contributed by atoms with Gasteiger partial charge in [-0.2, -0.15) is 5.10 Å². The number of anilines is 1. The first-order chi connectivity index (χ1) is 9.51. The molecule has 2 N–H and O–H groups in total. The molecule has 0 aliphatic heterocycles. The van der Waals surface area contributed by atoms with Gasteiger partial charge in [-0.3, -0.25) is 8.89 Å². The van der Waals surface area contributed by atoms with E-state index in [-0.39, 0.29) is 10.6 Å². The molecule has 0 aliphatic carbocycles. The lowest BCUT2D eigenvalue weighted by molar-refractivity contribution is 0.475. The summed E-state index contributed by atoms with van der Waals surface area (Å²) in [6.45, 7) is 4.14. The standard InChI is InChI=1S/C14H18FN3OS/c1-3-10(2)18-7-6-12(17-18)9-20(19)14-5-4-11(16)8-13(14)15/h4-8,10H,3,9,16H2,1-2H3. The van der Waals surface area contributed by atoms with Crippen LogP contribution in [0.4, 0.5) is 10.1 Å². The Morgan fingerprint density at radius 1 is 1.45 bits per heavy atom. The zero-order valence-electron chi connectivity index (χ0n) is 11.5. The third kappa shape index (κ3) is 3.25. The van der Waals surface area contributed by atoms with Crippen LogP contribution in [-0.2, 0) is 16.6 Å². The molecule has 0 radical (unpaired) electrons. The molecule has 0 bridgehead atoms. The van der Waals surface area contributed by atoms with Crippen LogP contribution in [0.1, 0.15) is 32.0 Å². The Kier molecular flexibility index (Phi) is 4.54. The summed E-state index contributed by atoms with van der Waals surface area (Å²) in [6.07, 6.45) is 2.83. The molecule has 1 aromatic heterocycles. The molecule has 108 valence electrons. The Balaban J connectivity index is 2.13. The summed E-state index contributed by atoms with van der Waals surface area (Å²) in [4.78, 5) is 0.164. The van der Waals surface area contributed by atoms with Gasteiger partial charge in [-0.15, -0.1) is 0 Å². The molecular weight excluding hydrogens is 277 g/mol. The predicted molar refractivity (Wildman–Crippen MR) is 78.2 cm³/mol. The lowest BCUT2D eigenvalue weighted by Gasteiger charge is -2.08. The number of nitrogens with two attached hydrogens (primary N) is 1. The van der Waals surface area contributed by atoms with E-state index in [1.807, 2.05) is 16.9 Å². The number of nitrogen functional groups attached to an aromatic ring is 1. The van der Waals surface area contributed by atoms with Crippen LogP contribution in [0, 0.1) is 5.82 Å². The fourth-order valence-electron chi connectivity index (χ4n) is 1.80. The second-order valence-corrected chi connectivity index (χ2v) is 6.14. The van der Waals surface area contributed by atoms with Crippen LogP contribution < -0.4 is 5.73 Å². The first-order valence-electron chi connectivity index (χ1n) is 6.48. The minimum Gasteiger partial charge on any atom is -0.399 e. The van der Waals surface area contributed by atoms with Crippen LogP contribution in [-0.4, -0.2) is 14.0 Å². The van der Waals surface area contributed by atoms with E-state index in [4.69, 9.17) is 5.73 Å². The molecule has 0 saturated carbocycles. The van der Waals surface area contributed by atoms with Gasteiger partial charge in [-0.1, -0.05) is 6.92 Å². The lowest BCUT2D eigenvalue weighted by atomic mass is 10.3. The SMILES string of the molecule is CCC(C)n1ccc(CS(=O)c2ccc(N)cc2F)n1. The average molecular weight is 295 g/mol. The second-order valence-electron chi connectivity index (χ2n) is 4.72. The molecule has 0 fully saturated rings. The average Bonchev–Trinajstić information content (AvgIpc) is 2.86. The number of nitrogens with zero attached hydrogens (tertiary/aromatic N) is 2. The van der Waals surface area contributed by atoms with Crippen LogP contribution in [0.15, 0.2) is 35.4 Å². The number of hydrogen-bond donors (Lipinski definition) is 1. The summed E-state index contributed by atoms with van der Waals surface area (Å²) in [5.74, 6) is -0.339. The van der Waals surface area contributed by atoms with Crippen LogP contribution >= 0.6 is 0 Å². The monoisotopic (exact) mass is 295 g/mol. The van der Waals surface area contributed by atoms with Crippen molar-refractivity contribution in [3.05, 3.63) is 42.0 Å². The topological polar surface area (TPSA) is 60.9 Å². The Hall–Kier alpha value is -1.69. The molecule has 2 rings (SSSR count). The summed E-state index contributed by atoms with van der Waals surface area (Å²) in [6, 6.07) is 6.32. The highest BCUT2D eigenvalue weighted by Gasteiger charge is 2.13. The Labute approximate surface area is 120 Å². The number of hydrogen-bond acceptors (Lipinski definition) is 3. The molecule has 2 unspecified atom stereocenters. The van der Waals surface area contributed by atoms with Gasteiger partial charge >= 0.3 is 0 Å². The highest BCUT2D eigenvalue weighted by atomic mass is 32.2. The van der Waals surface area contributed by atoms with Gasteiger partial charge in [0, 0.05) is 17.9 Å². The van der Waals surface area contributed by atoms with Crippen molar-refractivity contribution in [2.45, 2.75) is 37.0 Å². The van der Waals surface area contributed by atoms with Crippen LogP contribution in [0.2, 0.25) is 0 Å². The van der Waals surface area contributed by atoms with Crippen molar-refractivity contribution < 1.29 is 8.60 Å². The summed E-state index contributed by atoms with van der Waals surface area (Å²) in [5.41, 5.74) is 6.50. The Morgan fingerprint density at radius 2 is 2.20 bits per heavy atom. The van der Waals surface area contributed by atoms with Crippen LogP contribution in [0.5, 0.6) is 0 Å². The molecule has 20 heavy (non-hydrogen) atoms. The third-order valence-corrected chi connectivity index (χ3v) is 4.57. The van der Waals surface area contributed by atoms with Crippen LogP contribution in [0.25, 0.3) is 0 Å². The lowest BCUT2D eigenvalue weighted by Crippen LogP contribution is -2.06. The number of halogens is 1. The fourth-order valence-corrected chi connectivity index (χ4v) is 2.88. The van der Waals surface area contributed by atoms with E-state index in [2.05, 4.69) is 18.9 Å². The minimum atomic E-state index is -1.46. The van der Waals surface area contributed by atoms with Gasteiger partial charge in [-0.05, 0) is 37.6 Å². The zero-order valence-corrected chi connectivity index (χ0v) is 12.4. The minimum absolute atomic E-state index is 0.164. The highest BCUT2D eigenvalue weighted by Crippen LogP contribution is 2.18. The summed E-state index contributed by atoms with van der Waals surface area (Å²) >= 11 is 0. The second kappa shape index (κ2) is 6.17. The van der Waals surface area contributed by atoms with E-state index < -0.39 is 16.6 Å². The van der Waals surface area contributed by atoms with Crippen molar-refractivity contribution in [3.8, 4) is 0 Å². The van der Waals surface area contributed by atoms with E-state index in [9.17, 15) is 8.60 Å². The van der Waals surface area contributed by atoms with Crippen molar-refractivity contribution >= 4 is 16.5 Å². The molecule has 1 heterocycles. The van der Waals surface area contributed by atoms with Gasteiger partial charge in [0.15, 0.2) is 0 Å². The molecule has 1 aromatic carbocycles. The van der Waals surface area contributed by atoms with Crippen molar-refractivity contribution in [1.29, 1.82) is 0 Å². The normalized spacial score (nSPS) is 14.2. The van der Waals surface area contributed by atoms with Crippen molar-refractivity contribution in [1.82, 2.24) is 9.78 Å². The molecule has 2 atom stereocenters. The van der Waals surface area contributed by atoms with Gasteiger partial charge in [0.25, 0.3) is 0 Å². The van der Waals surface area contributed by atoms with Crippen LogP contribution in [0.3, 0.4) is 0 Å². The fraction of sp³-hybridized carbons (Fsp3) is 0.357. The van der Waals surface area contributed by atoms with Crippen molar-refractivity contribution in [2.75, 3.05) is 5.73 Å². The van der Waals surface area contributed by atoms with E-state index in [1.54, 1.807) is 6.07 Å². The predicted octanol–water partition coefficient (Wildman–Crippen LogP) is 2.88. The number of rotatable bonds is 5. The molecule has 0 aliphatic rings. The maximum Gasteiger partial charge on any atom is 0.141 e. The smallest absolute Gasteiger partial charge is 0.141 e. The van der Waals surface area contributed by atoms with Gasteiger partial charge < -0.3 is 5.73 Å². The number of aromatic nitrogens is 2.